The molecule has 0 radical (unpaired) electrons. The van der Waals surface area contributed by atoms with Crippen LogP contribution in [-0.2, 0) is 11.2 Å². The Bertz CT molecular complexity index is 1210. The Kier molecular flexibility index (Phi) is 7.86. The number of anilines is 3. The summed E-state index contributed by atoms with van der Waals surface area (Å²) >= 11 is 0. The quantitative estimate of drug-likeness (QED) is 0.313. The van der Waals surface area contributed by atoms with Crippen LogP contribution in [0.25, 0.3) is 0 Å². The summed E-state index contributed by atoms with van der Waals surface area (Å²) in [5.41, 5.74) is -0.179. The molecule has 0 aliphatic rings. The monoisotopic (exact) mass is 467 g/mol. The smallest absolute Gasteiger partial charge is 0.417 e. The van der Waals surface area contributed by atoms with Crippen LogP contribution in [0.5, 0.6) is 11.5 Å². The molecular formula is C24H25N3O7. The molecule has 0 bridgehead atoms. The Morgan fingerprint density at radius 2 is 1.56 bits per heavy atom. The largest absolute Gasteiger partial charge is 0.497 e. The summed E-state index contributed by atoms with van der Waals surface area (Å²) in [5, 5.41) is 17.7. The topological polar surface area (TPSA) is 143 Å². The zero-order chi connectivity index (χ0) is 24.7. The van der Waals surface area contributed by atoms with Crippen molar-refractivity contribution in [3.63, 3.8) is 0 Å². The van der Waals surface area contributed by atoms with Gasteiger partial charge in [-0.05, 0) is 48.4 Å². The molecule has 178 valence electrons. The van der Waals surface area contributed by atoms with Crippen LogP contribution < -0.4 is 36.3 Å². The van der Waals surface area contributed by atoms with Crippen molar-refractivity contribution in [1.29, 1.82) is 0 Å². The van der Waals surface area contributed by atoms with Gasteiger partial charge in [0.1, 0.15) is 28.9 Å². The van der Waals surface area contributed by atoms with Crippen LogP contribution in [0.15, 0.2) is 58.1 Å². The lowest BCUT2D eigenvalue weighted by Crippen LogP contribution is -2.42. The van der Waals surface area contributed by atoms with E-state index in [1.54, 1.807) is 48.5 Å². The Balaban J connectivity index is 1.60. The van der Waals surface area contributed by atoms with E-state index >= 15 is 0 Å². The summed E-state index contributed by atoms with van der Waals surface area (Å²) in [6.07, 6.45) is 0.113. The zero-order valence-corrected chi connectivity index (χ0v) is 18.7. The Hall–Kier alpha value is -4.34. The van der Waals surface area contributed by atoms with Gasteiger partial charge in [-0.2, -0.15) is 0 Å². The lowest BCUT2D eigenvalue weighted by molar-refractivity contribution is -0.137. The van der Waals surface area contributed by atoms with Crippen molar-refractivity contribution in [2.75, 3.05) is 29.6 Å². The van der Waals surface area contributed by atoms with Crippen LogP contribution in [0.3, 0.4) is 0 Å². The highest BCUT2D eigenvalue weighted by Gasteiger charge is 2.26. The summed E-state index contributed by atoms with van der Waals surface area (Å²) in [6, 6.07) is 11.9. The molecule has 0 fully saturated rings. The molecule has 10 nitrogen and oxygen atoms in total. The summed E-state index contributed by atoms with van der Waals surface area (Å²) < 4.78 is 10.2. The van der Waals surface area contributed by atoms with Crippen LogP contribution in [0.2, 0.25) is 0 Å². The van der Waals surface area contributed by atoms with Gasteiger partial charge in [-0.3, -0.25) is 14.9 Å². The number of benzene rings is 2. The lowest BCUT2D eigenvalue weighted by atomic mass is 10.0. The van der Waals surface area contributed by atoms with Crippen molar-refractivity contribution >= 4 is 29.1 Å². The van der Waals surface area contributed by atoms with Crippen molar-refractivity contribution in [3.05, 3.63) is 74.5 Å². The van der Waals surface area contributed by atoms with Gasteiger partial charge in [0.25, 0.3) is 10.9 Å². The summed E-state index contributed by atoms with van der Waals surface area (Å²) in [7, 11) is 1.54. The number of amides is 1. The van der Waals surface area contributed by atoms with Crippen LogP contribution in [0.1, 0.15) is 18.9 Å². The number of carbonyl (C=O) groups is 2. The number of carbonyl (C=O) groups excluding carboxylic acids is 1. The number of nitrogens with one attached hydrogen (secondary N) is 3. The van der Waals surface area contributed by atoms with Gasteiger partial charge in [-0.15, -0.1) is 0 Å². The molecule has 0 aliphatic heterocycles. The highest BCUT2D eigenvalue weighted by molar-refractivity contribution is 5.86. The maximum absolute atomic E-state index is 12.1. The van der Waals surface area contributed by atoms with Crippen LogP contribution in [-0.4, -0.2) is 36.9 Å². The fourth-order valence-electron chi connectivity index (χ4n) is 3.18. The summed E-state index contributed by atoms with van der Waals surface area (Å²) in [6.45, 7) is 2.40. The first-order valence-electron chi connectivity index (χ1n) is 10.6. The molecule has 3 aromatic carbocycles. The Morgan fingerprint density at radius 3 is 2.15 bits per heavy atom. The molecule has 0 spiro atoms. The maximum Gasteiger partial charge on any atom is 0.417 e. The number of aliphatic carboxylic acids is 1. The van der Waals surface area contributed by atoms with E-state index in [-0.39, 0.29) is 17.8 Å². The second kappa shape index (κ2) is 11.0. The second-order valence-corrected chi connectivity index (χ2v) is 7.46. The zero-order valence-electron chi connectivity index (χ0n) is 18.7. The minimum atomic E-state index is -1.17. The number of carboxylic acid groups (broad SMARTS) is 1. The van der Waals surface area contributed by atoms with Crippen molar-refractivity contribution in [2.45, 2.75) is 25.8 Å². The Morgan fingerprint density at radius 1 is 0.941 bits per heavy atom. The van der Waals surface area contributed by atoms with Crippen LogP contribution >= 0.6 is 0 Å². The highest BCUT2D eigenvalue weighted by atomic mass is 16.6. The molecule has 0 unspecified atom stereocenters. The molecule has 3 aromatic rings. The molecule has 0 aliphatic carbocycles. The van der Waals surface area contributed by atoms with E-state index in [9.17, 15) is 24.3 Å². The fourth-order valence-corrected chi connectivity index (χ4v) is 3.18. The minimum Gasteiger partial charge on any atom is -0.497 e. The third-order valence-corrected chi connectivity index (χ3v) is 4.99. The van der Waals surface area contributed by atoms with Gasteiger partial charge in [0.2, 0.25) is 0 Å². The molecule has 0 saturated heterocycles. The average molecular weight is 467 g/mol. The number of methoxy groups -OCH3 is 1. The fraction of sp³-hybridized carbons (Fsp3) is 0.250. The van der Waals surface area contributed by atoms with Gasteiger partial charge in [0.15, 0.2) is 0 Å². The standard InChI is InChI=1S/C24H25N3O7/c1-3-12-25-19-20(22(29)21(19)28)27-18(23(30)31)13-14-4-6-15(7-5-14)26-24(32)34-17-10-8-16(33-2)9-11-17/h4-11,18,25,27H,3,12-13H2,1-2H3,(H,26,32)(H,30,31)/t18-/m0/s1. The number of carboxylic acids is 1. The molecule has 3 rings (SSSR count). The Labute approximate surface area is 195 Å². The van der Waals surface area contributed by atoms with E-state index in [1.807, 2.05) is 6.92 Å². The molecular weight excluding hydrogens is 442 g/mol. The predicted octanol–water partition coefficient (Wildman–Crippen LogP) is 2.83. The van der Waals surface area contributed by atoms with E-state index in [1.165, 1.54) is 7.11 Å². The van der Waals surface area contributed by atoms with Gasteiger partial charge in [0.05, 0.1) is 7.11 Å². The van der Waals surface area contributed by atoms with E-state index in [0.717, 1.165) is 6.42 Å². The van der Waals surface area contributed by atoms with Crippen molar-refractivity contribution in [3.8, 4) is 11.5 Å². The molecule has 0 aromatic heterocycles. The van der Waals surface area contributed by atoms with Crippen LogP contribution in [0, 0.1) is 0 Å². The maximum atomic E-state index is 12.1. The summed E-state index contributed by atoms with van der Waals surface area (Å²) in [5.74, 6) is -0.188. The van der Waals surface area contributed by atoms with Gasteiger partial charge in [-0.1, -0.05) is 19.1 Å². The minimum absolute atomic E-state index is 0.00888. The van der Waals surface area contributed by atoms with Crippen LogP contribution in [0.4, 0.5) is 21.9 Å². The summed E-state index contributed by atoms with van der Waals surface area (Å²) in [4.78, 5) is 47.5. The number of ether oxygens (including phenoxy) is 2. The molecule has 1 amide bonds. The van der Waals surface area contributed by atoms with Crippen molar-refractivity contribution in [1.82, 2.24) is 0 Å². The van der Waals surface area contributed by atoms with Gasteiger partial charge in [0, 0.05) is 18.7 Å². The highest BCUT2D eigenvalue weighted by Crippen LogP contribution is 2.20. The van der Waals surface area contributed by atoms with Gasteiger partial charge >= 0.3 is 12.1 Å². The first kappa shape index (κ1) is 24.3. The lowest BCUT2D eigenvalue weighted by Gasteiger charge is -2.20. The predicted molar refractivity (Wildman–Crippen MR) is 128 cm³/mol. The molecule has 34 heavy (non-hydrogen) atoms. The third-order valence-electron chi connectivity index (χ3n) is 4.99. The van der Waals surface area contributed by atoms with Gasteiger partial charge in [-0.25, -0.2) is 9.59 Å². The first-order valence-corrected chi connectivity index (χ1v) is 10.6. The molecule has 10 heteroatoms. The third kappa shape index (κ3) is 5.91. The van der Waals surface area contributed by atoms with E-state index in [2.05, 4.69) is 16.0 Å². The van der Waals surface area contributed by atoms with E-state index in [0.29, 0.717) is 29.3 Å². The van der Waals surface area contributed by atoms with Crippen molar-refractivity contribution in [2.24, 2.45) is 0 Å². The number of hydrogen-bond donors (Lipinski definition) is 4. The van der Waals surface area contributed by atoms with E-state index in [4.69, 9.17) is 9.47 Å². The average Bonchev–Trinajstić information content (AvgIpc) is 2.83. The molecule has 0 heterocycles. The van der Waals surface area contributed by atoms with Crippen molar-refractivity contribution < 1.29 is 24.2 Å². The first-order chi connectivity index (χ1) is 16.3. The van der Waals surface area contributed by atoms with E-state index < -0.39 is 29.0 Å². The molecule has 4 N–H and O–H groups in total. The normalized spacial score (nSPS) is 11.5. The second-order valence-electron chi connectivity index (χ2n) is 7.46. The SMILES string of the molecule is CCCNc1c(N[C@@H](Cc2ccc(NC(=O)Oc3ccc(OC)cc3)cc2)C(=O)O)c(=O)c1=O. The van der Waals surface area contributed by atoms with Gasteiger partial charge < -0.3 is 25.2 Å². The molecule has 0 saturated carbocycles. The molecule has 1 atom stereocenters. The number of rotatable bonds is 11. The number of hydrogen-bond acceptors (Lipinski definition) is 8.